The molecule has 1 amide bonds. The maximum Gasteiger partial charge on any atom is 0.255 e. The van der Waals surface area contributed by atoms with Gasteiger partial charge in [-0.25, -0.2) is 0 Å². The molecule has 1 aliphatic rings. The molecule has 3 rings (SSSR count). The number of carbonyl (C=O) groups excluding carboxylic acids is 1. The van der Waals surface area contributed by atoms with Crippen LogP contribution in [0.25, 0.3) is 0 Å². The Morgan fingerprint density at radius 1 is 1.47 bits per heavy atom. The van der Waals surface area contributed by atoms with E-state index in [2.05, 4.69) is 15.2 Å². The van der Waals surface area contributed by atoms with E-state index in [1.807, 2.05) is 30.2 Å². The van der Waals surface area contributed by atoms with Crippen molar-refractivity contribution in [3.05, 3.63) is 41.5 Å². The van der Waals surface area contributed by atoms with Crippen molar-refractivity contribution in [2.24, 2.45) is 0 Å². The first-order valence-electron chi connectivity index (χ1n) is 6.68. The van der Waals surface area contributed by atoms with Crippen LogP contribution in [-0.4, -0.2) is 39.1 Å². The summed E-state index contributed by atoms with van der Waals surface area (Å²) in [5.41, 5.74) is 2.85. The molecule has 19 heavy (non-hydrogen) atoms. The molecule has 3 heterocycles. The van der Waals surface area contributed by atoms with Gasteiger partial charge in [-0.05, 0) is 31.9 Å². The summed E-state index contributed by atoms with van der Waals surface area (Å²) in [6.45, 7) is 3.54. The zero-order valence-electron chi connectivity index (χ0n) is 11.0. The Morgan fingerprint density at radius 2 is 2.37 bits per heavy atom. The van der Waals surface area contributed by atoms with Crippen LogP contribution in [0.5, 0.6) is 0 Å². The predicted octanol–water partition coefficient (Wildman–Crippen LogP) is 2.07. The van der Waals surface area contributed by atoms with Gasteiger partial charge < -0.3 is 9.88 Å². The minimum Gasteiger partial charge on any atom is -0.365 e. The fourth-order valence-corrected chi connectivity index (χ4v) is 2.76. The van der Waals surface area contributed by atoms with Crippen LogP contribution in [0.4, 0.5) is 0 Å². The van der Waals surface area contributed by atoms with Crippen molar-refractivity contribution in [1.29, 1.82) is 0 Å². The first-order chi connectivity index (χ1) is 9.25. The summed E-state index contributed by atoms with van der Waals surface area (Å²) in [4.78, 5) is 17.5. The fraction of sp³-hybridized carbons (Fsp3) is 0.429. The quantitative estimate of drug-likeness (QED) is 0.866. The molecule has 5 heteroatoms. The van der Waals surface area contributed by atoms with Crippen molar-refractivity contribution in [3.63, 3.8) is 0 Å². The molecule has 100 valence electrons. The molecule has 0 aliphatic carbocycles. The Hall–Kier alpha value is -2.04. The van der Waals surface area contributed by atoms with E-state index < -0.39 is 0 Å². The second-order valence-corrected chi connectivity index (χ2v) is 5.12. The summed E-state index contributed by atoms with van der Waals surface area (Å²) < 4.78 is 0. The first kappa shape index (κ1) is 12.0. The van der Waals surface area contributed by atoms with Gasteiger partial charge in [-0.3, -0.25) is 9.89 Å². The van der Waals surface area contributed by atoms with E-state index in [-0.39, 0.29) is 5.91 Å². The summed E-state index contributed by atoms with van der Waals surface area (Å²) in [7, 11) is 0. The predicted molar refractivity (Wildman–Crippen MR) is 72.0 cm³/mol. The minimum atomic E-state index is 0.128. The molecular weight excluding hydrogens is 240 g/mol. The molecule has 1 fully saturated rings. The van der Waals surface area contributed by atoms with E-state index in [9.17, 15) is 4.79 Å². The van der Waals surface area contributed by atoms with Crippen LogP contribution in [0, 0.1) is 6.92 Å². The molecule has 1 saturated heterocycles. The molecule has 1 aliphatic heterocycles. The van der Waals surface area contributed by atoms with E-state index in [1.54, 1.807) is 6.20 Å². The third-order valence-corrected chi connectivity index (χ3v) is 3.85. The molecule has 0 aromatic carbocycles. The lowest BCUT2D eigenvalue weighted by molar-refractivity contribution is 0.0705. The maximum absolute atomic E-state index is 12.5. The summed E-state index contributed by atoms with van der Waals surface area (Å²) in [5, 5.41) is 7.02. The molecule has 0 spiro atoms. The highest BCUT2D eigenvalue weighted by atomic mass is 16.2. The van der Waals surface area contributed by atoms with Gasteiger partial charge in [0.05, 0.1) is 5.56 Å². The van der Waals surface area contributed by atoms with E-state index in [0.717, 1.165) is 42.9 Å². The largest absolute Gasteiger partial charge is 0.365 e. The lowest BCUT2D eigenvalue weighted by Gasteiger charge is -2.32. The van der Waals surface area contributed by atoms with Crippen molar-refractivity contribution >= 4 is 5.91 Å². The standard InChI is InChI=1S/C14H18N4O/c1-10-12(4-6-15-10)14(19)18-8-2-3-11(9-18)13-5-7-16-17-13/h4-7,11,15H,2-3,8-9H2,1H3,(H,16,17)/t11-/m0/s1. The number of hydrogen-bond donors (Lipinski definition) is 2. The average Bonchev–Trinajstić information content (AvgIpc) is 3.09. The van der Waals surface area contributed by atoms with Crippen molar-refractivity contribution in [2.45, 2.75) is 25.7 Å². The number of nitrogens with one attached hydrogen (secondary N) is 2. The Bertz CT molecular complexity index is 558. The van der Waals surface area contributed by atoms with Crippen LogP contribution >= 0.6 is 0 Å². The van der Waals surface area contributed by atoms with Crippen LogP contribution in [0.1, 0.15) is 40.5 Å². The maximum atomic E-state index is 12.5. The Kier molecular flexibility index (Phi) is 3.11. The summed E-state index contributed by atoms with van der Waals surface area (Å²) >= 11 is 0. The number of nitrogens with zero attached hydrogens (tertiary/aromatic N) is 2. The smallest absolute Gasteiger partial charge is 0.255 e. The molecule has 1 atom stereocenters. The highest BCUT2D eigenvalue weighted by Gasteiger charge is 2.27. The van der Waals surface area contributed by atoms with Crippen LogP contribution in [0.2, 0.25) is 0 Å². The number of likely N-dealkylation sites (tertiary alicyclic amines) is 1. The Balaban J connectivity index is 1.75. The van der Waals surface area contributed by atoms with E-state index in [1.165, 1.54) is 0 Å². The SMILES string of the molecule is Cc1[nH]ccc1C(=O)N1CCC[C@H](c2ccn[nH]2)C1. The number of carbonyl (C=O) groups is 1. The van der Waals surface area contributed by atoms with Crippen LogP contribution < -0.4 is 0 Å². The van der Waals surface area contributed by atoms with Crippen molar-refractivity contribution < 1.29 is 4.79 Å². The van der Waals surface area contributed by atoms with Crippen molar-refractivity contribution in [1.82, 2.24) is 20.1 Å². The van der Waals surface area contributed by atoms with Gasteiger partial charge in [0.15, 0.2) is 0 Å². The van der Waals surface area contributed by atoms with Gasteiger partial charge in [-0.1, -0.05) is 0 Å². The number of H-pyrrole nitrogens is 2. The van der Waals surface area contributed by atoms with Gasteiger partial charge in [0.25, 0.3) is 5.91 Å². The molecule has 2 N–H and O–H groups in total. The minimum absolute atomic E-state index is 0.128. The van der Waals surface area contributed by atoms with E-state index >= 15 is 0 Å². The number of hydrogen-bond acceptors (Lipinski definition) is 2. The summed E-state index contributed by atoms with van der Waals surface area (Å²) in [6.07, 6.45) is 5.74. The number of piperidine rings is 1. The topological polar surface area (TPSA) is 64.8 Å². The number of aryl methyl sites for hydroxylation is 1. The van der Waals surface area contributed by atoms with Gasteiger partial charge in [0.1, 0.15) is 0 Å². The number of amides is 1. The van der Waals surface area contributed by atoms with E-state index in [4.69, 9.17) is 0 Å². The normalized spacial score (nSPS) is 19.6. The summed E-state index contributed by atoms with van der Waals surface area (Å²) in [6, 6.07) is 3.86. The lowest BCUT2D eigenvalue weighted by Crippen LogP contribution is -2.39. The third-order valence-electron chi connectivity index (χ3n) is 3.85. The molecule has 2 aromatic rings. The zero-order valence-corrected chi connectivity index (χ0v) is 11.0. The Morgan fingerprint density at radius 3 is 3.05 bits per heavy atom. The molecular formula is C14H18N4O. The molecule has 0 unspecified atom stereocenters. The van der Waals surface area contributed by atoms with Crippen LogP contribution in [0.3, 0.4) is 0 Å². The van der Waals surface area contributed by atoms with Gasteiger partial charge >= 0.3 is 0 Å². The number of aromatic amines is 2. The average molecular weight is 258 g/mol. The fourth-order valence-electron chi connectivity index (χ4n) is 2.76. The highest BCUT2D eigenvalue weighted by molar-refractivity contribution is 5.95. The molecule has 0 bridgehead atoms. The van der Waals surface area contributed by atoms with Crippen molar-refractivity contribution in [2.75, 3.05) is 13.1 Å². The first-order valence-corrected chi connectivity index (χ1v) is 6.68. The Labute approximate surface area is 112 Å². The zero-order chi connectivity index (χ0) is 13.2. The molecule has 5 nitrogen and oxygen atoms in total. The molecule has 0 saturated carbocycles. The number of aromatic nitrogens is 3. The monoisotopic (exact) mass is 258 g/mol. The van der Waals surface area contributed by atoms with Gasteiger partial charge in [-0.15, -0.1) is 0 Å². The molecule has 0 radical (unpaired) electrons. The van der Waals surface area contributed by atoms with Gasteiger partial charge in [0, 0.05) is 42.8 Å². The second-order valence-electron chi connectivity index (χ2n) is 5.12. The van der Waals surface area contributed by atoms with Crippen LogP contribution in [0.15, 0.2) is 24.5 Å². The van der Waals surface area contributed by atoms with Gasteiger partial charge in [-0.2, -0.15) is 5.10 Å². The second kappa shape index (κ2) is 4.91. The van der Waals surface area contributed by atoms with Crippen LogP contribution in [-0.2, 0) is 0 Å². The van der Waals surface area contributed by atoms with Gasteiger partial charge in [0.2, 0.25) is 0 Å². The molecule has 2 aromatic heterocycles. The third kappa shape index (κ3) is 2.28. The van der Waals surface area contributed by atoms with E-state index in [0.29, 0.717) is 5.92 Å². The van der Waals surface area contributed by atoms with Crippen molar-refractivity contribution in [3.8, 4) is 0 Å². The lowest BCUT2D eigenvalue weighted by atomic mass is 9.94. The summed E-state index contributed by atoms with van der Waals surface area (Å²) in [5.74, 6) is 0.502. The highest BCUT2D eigenvalue weighted by Crippen LogP contribution is 2.26. The number of rotatable bonds is 2.